The van der Waals surface area contributed by atoms with Crippen molar-refractivity contribution in [1.29, 1.82) is 0 Å². The molecule has 0 saturated heterocycles. The van der Waals surface area contributed by atoms with Crippen LogP contribution in [0, 0.1) is 0 Å². The Labute approximate surface area is 146 Å². The highest BCUT2D eigenvalue weighted by Crippen LogP contribution is 2.11. The van der Waals surface area contributed by atoms with Crippen molar-refractivity contribution >= 4 is 29.3 Å². The summed E-state index contributed by atoms with van der Waals surface area (Å²) in [6.07, 6.45) is 1.03. The van der Waals surface area contributed by atoms with Gasteiger partial charge in [-0.3, -0.25) is 19.2 Å². The second kappa shape index (κ2) is 9.36. The van der Waals surface area contributed by atoms with Crippen LogP contribution in [0.3, 0.4) is 0 Å². The number of benzene rings is 1. The van der Waals surface area contributed by atoms with Crippen LogP contribution in [0.25, 0.3) is 0 Å². The molecule has 25 heavy (non-hydrogen) atoms. The average molecular weight is 346 g/mol. The molecule has 0 radical (unpaired) electrons. The number of Topliss-reactive ketones (excluding diaryl/α,β-unsaturated/α-hetero) is 1. The number of ketones is 1. The number of carbonyl (C=O) groups is 4. The topological polar surface area (TPSA) is 104 Å². The Kier molecular flexibility index (Phi) is 7.52. The van der Waals surface area contributed by atoms with Crippen LogP contribution in [0.15, 0.2) is 35.9 Å². The predicted octanol–water partition coefficient (Wildman–Crippen LogP) is 2.10. The number of aliphatic carboxylic acids is 1. The minimum Gasteiger partial charge on any atom is -0.481 e. The van der Waals surface area contributed by atoms with Gasteiger partial charge in [-0.15, -0.1) is 0 Å². The summed E-state index contributed by atoms with van der Waals surface area (Å²) < 4.78 is 0. The Balaban J connectivity index is 2.72. The van der Waals surface area contributed by atoms with E-state index in [4.69, 9.17) is 5.11 Å². The molecule has 0 aliphatic heterocycles. The molecule has 0 saturated carbocycles. The van der Waals surface area contributed by atoms with Crippen LogP contribution in [0.5, 0.6) is 0 Å². The second-order valence-electron chi connectivity index (χ2n) is 5.48. The third-order valence-electron chi connectivity index (χ3n) is 3.54. The first-order chi connectivity index (χ1) is 11.7. The molecule has 2 N–H and O–H groups in total. The lowest BCUT2D eigenvalue weighted by Gasteiger charge is -2.18. The quantitative estimate of drug-likeness (QED) is 0.554. The van der Waals surface area contributed by atoms with Gasteiger partial charge in [0.1, 0.15) is 0 Å². The summed E-state index contributed by atoms with van der Waals surface area (Å²) in [5, 5.41) is 11.3. The first-order valence-corrected chi connectivity index (χ1v) is 7.86. The van der Waals surface area contributed by atoms with E-state index >= 15 is 0 Å². The fourth-order valence-corrected chi connectivity index (χ4v) is 2.01. The van der Waals surface area contributed by atoms with E-state index in [2.05, 4.69) is 5.32 Å². The number of hydrogen-bond donors (Lipinski definition) is 2. The van der Waals surface area contributed by atoms with E-state index in [1.165, 1.54) is 24.8 Å². The monoisotopic (exact) mass is 346 g/mol. The smallest absolute Gasteiger partial charge is 0.305 e. The van der Waals surface area contributed by atoms with Gasteiger partial charge in [-0.1, -0.05) is 0 Å². The number of amides is 2. The van der Waals surface area contributed by atoms with Crippen molar-refractivity contribution in [1.82, 2.24) is 4.90 Å². The molecule has 7 heteroatoms. The molecular formula is C18H22N2O5. The molecular weight excluding hydrogens is 324 g/mol. The Morgan fingerprint density at radius 2 is 1.72 bits per heavy atom. The summed E-state index contributed by atoms with van der Waals surface area (Å²) in [4.78, 5) is 47.4. The van der Waals surface area contributed by atoms with Crippen molar-refractivity contribution in [2.24, 2.45) is 0 Å². The van der Waals surface area contributed by atoms with Crippen LogP contribution in [-0.2, 0) is 14.4 Å². The van der Waals surface area contributed by atoms with Gasteiger partial charge in [-0.2, -0.15) is 0 Å². The lowest BCUT2D eigenvalue weighted by Crippen LogP contribution is -2.32. The highest BCUT2D eigenvalue weighted by atomic mass is 16.4. The maximum Gasteiger partial charge on any atom is 0.305 e. The van der Waals surface area contributed by atoms with Gasteiger partial charge in [0.15, 0.2) is 5.78 Å². The van der Waals surface area contributed by atoms with Gasteiger partial charge in [-0.05, 0) is 45.0 Å². The fraction of sp³-hybridized carbons (Fsp3) is 0.333. The van der Waals surface area contributed by atoms with E-state index in [0.29, 0.717) is 17.8 Å². The van der Waals surface area contributed by atoms with Crippen LogP contribution >= 0.6 is 0 Å². The van der Waals surface area contributed by atoms with Gasteiger partial charge in [0, 0.05) is 36.0 Å². The molecule has 0 fully saturated rings. The summed E-state index contributed by atoms with van der Waals surface area (Å²) in [6.45, 7) is 5.13. The number of carboxylic acids is 1. The summed E-state index contributed by atoms with van der Waals surface area (Å²) in [7, 11) is 0. The largest absolute Gasteiger partial charge is 0.481 e. The Hall–Kier alpha value is -2.96. The van der Waals surface area contributed by atoms with Crippen LogP contribution in [0.4, 0.5) is 5.69 Å². The molecule has 0 bridgehead atoms. The summed E-state index contributed by atoms with van der Waals surface area (Å²) in [5.41, 5.74) is 1.25. The molecule has 0 aliphatic carbocycles. The number of carboxylic acid groups (broad SMARTS) is 1. The van der Waals surface area contributed by atoms with Gasteiger partial charge < -0.3 is 15.3 Å². The molecule has 1 rings (SSSR count). The number of rotatable bonds is 8. The van der Waals surface area contributed by atoms with Crippen molar-refractivity contribution in [3.05, 3.63) is 41.5 Å². The van der Waals surface area contributed by atoms with E-state index in [1.54, 1.807) is 31.2 Å². The molecule has 1 aromatic carbocycles. The number of nitrogens with zero attached hydrogens (tertiary/aromatic N) is 1. The minimum atomic E-state index is -0.987. The number of likely N-dealkylation sites (N-methyl/N-ethyl adjacent to an activating group) is 1. The first kappa shape index (κ1) is 20.1. The molecule has 1 aromatic rings. The molecule has 0 unspecified atom stereocenters. The highest BCUT2D eigenvalue weighted by Gasteiger charge is 2.13. The molecule has 7 nitrogen and oxygen atoms in total. The second-order valence-corrected chi connectivity index (χ2v) is 5.48. The van der Waals surface area contributed by atoms with Crippen LogP contribution in [0.2, 0.25) is 0 Å². The number of carbonyl (C=O) groups excluding carboxylic acids is 3. The van der Waals surface area contributed by atoms with Crippen molar-refractivity contribution < 1.29 is 24.3 Å². The van der Waals surface area contributed by atoms with Gasteiger partial charge >= 0.3 is 5.97 Å². The minimum absolute atomic E-state index is 0.0689. The van der Waals surface area contributed by atoms with Crippen LogP contribution < -0.4 is 5.32 Å². The van der Waals surface area contributed by atoms with E-state index in [0.717, 1.165) is 0 Å². The Bertz CT molecular complexity index is 692. The lowest BCUT2D eigenvalue weighted by atomic mass is 10.1. The summed E-state index contributed by atoms with van der Waals surface area (Å²) >= 11 is 0. The van der Waals surface area contributed by atoms with Gasteiger partial charge in [-0.25, -0.2) is 0 Å². The molecule has 134 valence electrons. The third kappa shape index (κ3) is 6.58. The molecule has 0 spiro atoms. The van der Waals surface area contributed by atoms with Crippen LogP contribution in [-0.4, -0.2) is 46.7 Å². The van der Waals surface area contributed by atoms with E-state index < -0.39 is 17.8 Å². The summed E-state index contributed by atoms with van der Waals surface area (Å²) in [6, 6.07) is 6.42. The van der Waals surface area contributed by atoms with Crippen LogP contribution in [0.1, 0.15) is 37.6 Å². The molecule has 0 heterocycles. The van der Waals surface area contributed by atoms with Crippen molar-refractivity contribution in [2.45, 2.75) is 27.2 Å². The van der Waals surface area contributed by atoms with Crippen molar-refractivity contribution in [3.63, 3.8) is 0 Å². The standard InChI is InChI=1S/C18H22N2O5/c1-4-20(10-9-17(23)24)16(22)11-12(2)18(25)19-15-7-5-14(6-8-15)13(3)21/h5-8,11H,4,9-10H2,1-3H3,(H,19,25)(H,23,24)/b12-11-. The normalized spacial score (nSPS) is 10.9. The zero-order valence-electron chi connectivity index (χ0n) is 14.5. The molecule has 0 aliphatic rings. The highest BCUT2D eigenvalue weighted by molar-refractivity contribution is 6.07. The molecule has 2 amide bonds. The third-order valence-corrected chi connectivity index (χ3v) is 3.54. The summed E-state index contributed by atoms with van der Waals surface area (Å²) in [5.74, 6) is -1.92. The first-order valence-electron chi connectivity index (χ1n) is 7.86. The Morgan fingerprint density at radius 1 is 1.12 bits per heavy atom. The van der Waals surface area contributed by atoms with Gasteiger partial charge in [0.25, 0.3) is 5.91 Å². The fourth-order valence-electron chi connectivity index (χ4n) is 2.01. The average Bonchev–Trinajstić information content (AvgIpc) is 2.55. The lowest BCUT2D eigenvalue weighted by molar-refractivity contribution is -0.138. The van der Waals surface area contributed by atoms with E-state index in [-0.39, 0.29) is 24.3 Å². The van der Waals surface area contributed by atoms with Gasteiger partial charge in [0.05, 0.1) is 6.42 Å². The van der Waals surface area contributed by atoms with E-state index in [9.17, 15) is 19.2 Å². The van der Waals surface area contributed by atoms with Gasteiger partial charge in [0.2, 0.25) is 5.91 Å². The Morgan fingerprint density at radius 3 is 2.20 bits per heavy atom. The zero-order chi connectivity index (χ0) is 19.0. The number of hydrogen-bond acceptors (Lipinski definition) is 4. The zero-order valence-corrected chi connectivity index (χ0v) is 14.5. The maximum absolute atomic E-state index is 12.1. The molecule has 0 aromatic heterocycles. The number of nitrogens with one attached hydrogen (secondary N) is 1. The predicted molar refractivity (Wildman–Crippen MR) is 93.3 cm³/mol. The number of anilines is 1. The van der Waals surface area contributed by atoms with E-state index in [1.807, 2.05) is 0 Å². The SMILES string of the molecule is CCN(CCC(=O)O)C(=O)/C=C(/C)C(=O)Nc1ccc(C(C)=O)cc1. The molecule has 0 atom stereocenters. The maximum atomic E-state index is 12.1. The van der Waals surface area contributed by atoms with Crippen molar-refractivity contribution in [2.75, 3.05) is 18.4 Å². The van der Waals surface area contributed by atoms with Crippen molar-refractivity contribution in [3.8, 4) is 0 Å².